The van der Waals surface area contributed by atoms with Crippen molar-refractivity contribution in [3.05, 3.63) is 23.8 Å². The second-order valence-electron chi connectivity index (χ2n) is 6.92. The van der Waals surface area contributed by atoms with Crippen molar-refractivity contribution in [2.75, 3.05) is 20.3 Å². The first kappa shape index (κ1) is 20.3. The summed E-state index contributed by atoms with van der Waals surface area (Å²) in [5, 5.41) is 6.31. The molecule has 2 N–H and O–H groups in total. The SMILES string of the molecule is CCCCCNCc1cccc(OC)c1OCC(=O)NC(C)(C)C. The molecule has 0 aliphatic rings. The molecule has 0 bridgehead atoms. The van der Waals surface area contributed by atoms with E-state index in [4.69, 9.17) is 9.47 Å². The lowest BCUT2D eigenvalue weighted by molar-refractivity contribution is -0.124. The number of carbonyl (C=O) groups is 1. The maximum atomic E-state index is 12.0. The zero-order chi connectivity index (χ0) is 18.0. The third-order valence-electron chi connectivity index (χ3n) is 3.41. The molecule has 0 heterocycles. The van der Waals surface area contributed by atoms with Gasteiger partial charge >= 0.3 is 0 Å². The van der Waals surface area contributed by atoms with Gasteiger partial charge in [-0.15, -0.1) is 0 Å². The van der Waals surface area contributed by atoms with E-state index in [2.05, 4.69) is 17.6 Å². The molecule has 24 heavy (non-hydrogen) atoms. The van der Waals surface area contributed by atoms with Crippen LogP contribution in [0.4, 0.5) is 0 Å². The van der Waals surface area contributed by atoms with E-state index >= 15 is 0 Å². The summed E-state index contributed by atoms with van der Waals surface area (Å²) in [6.07, 6.45) is 3.59. The van der Waals surface area contributed by atoms with Crippen LogP contribution in [0.3, 0.4) is 0 Å². The average Bonchev–Trinajstić information content (AvgIpc) is 2.51. The molecule has 1 amide bonds. The molecule has 1 rings (SSSR count). The molecule has 0 unspecified atom stereocenters. The minimum absolute atomic E-state index is 0.0273. The van der Waals surface area contributed by atoms with Crippen molar-refractivity contribution < 1.29 is 14.3 Å². The molecule has 0 aliphatic carbocycles. The summed E-state index contributed by atoms with van der Waals surface area (Å²) in [7, 11) is 1.61. The molecule has 0 aromatic heterocycles. The van der Waals surface area contributed by atoms with E-state index in [-0.39, 0.29) is 18.1 Å². The largest absolute Gasteiger partial charge is 0.493 e. The summed E-state index contributed by atoms with van der Waals surface area (Å²) in [5.74, 6) is 1.13. The fourth-order valence-corrected chi connectivity index (χ4v) is 2.34. The lowest BCUT2D eigenvalue weighted by Gasteiger charge is -2.21. The predicted octanol–water partition coefficient (Wildman–Crippen LogP) is 3.27. The normalized spacial score (nSPS) is 11.2. The Hall–Kier alpha value is -1.75. The van der Waals surface area contributed by atoms with Gasteiger partial charge < -0.3 is 20.1 Å². The first-order valence-corrected chi connectivity index (χ1v) is 8.67. The molecule has 1 aromatic rings. The Bertz CT molecular complexity index is 510. The zero-order valence-electron chi connectivity index (χ0n) is 15.7. The van der Waals surface area contributed by atoms with Crippen LogP contribution in [0, 0.1) is 0 Å². The van der Waals surface area contributed by atoms with E-state index in [9.17, 15) is 4.79 Å². The summed E-state index contributed by atoms with van der Waals surface area (Å²) in [6, 6.07) is 5.77. The number of methoxy groups -OCH3 is 1. The van der Waals surface area contributed by atoms with Gasteiger partial charge in [-0.3, -0.25) is 4.79 Å². The van der Waals surface area contributed by atoms with Crippen LogP contribution in [0.5, 0.6) is 11.5 Å². The molecule has 0 fully saturated rings. The number of nitrogens with one attached hydrogen (secondary N) is 2. The third-order valence-corrected chi connectivity index (χ3v) is 3.41. The van der Waals surface area contributed by atoms with Gasteiger partial charge in [-0.2, -0.15) is 0 Å². The van der Waals surface area contributed by atoms with Gasteiger partial charge in [0.1, 0.15) is 0 Å². The van der Waals surface area contributed by atoms with Gasteiger partial charge in [-0.25, -0.2) is 0 Å². The fourth-order valence-electron chi connectivity index (χ4n) is 2.34. The highest BCUT2D eigenvalue weighted by molar-refractivity contribution is 5.78. The van der Waals surface area contributed by atoms with E-state index in [0.717, 1.165) is 18.5 Å². The number of hydrogen-bond acceptors (Lipinski definition) is 4. The Morgan fingerprint density at radius 2 is 1.96 bits per heavy atom. The van der Waals surface area contributed by atoms with E-state index in [1.54, 1.807) is 7.11 Å². The quantitative estimate of drug-likeness (QED) is 0.644. The molecule has 0 saturated carbocycles. The van der Waals surface area contributed by atoms with E-state index in [0.29, 0.717) is 18.0 Å². The third kappa shape index (κ3) is 7.68. The summed E-state index contributed by atoms with van der Waals surface area (Å²) >= 11 is 0. The smallest absolute Gasteiger partial charge is 0.258 e. The number of carbonyl (C=O) groups excluding carboxylic acids is 1. The van der Waals surface area contributed by atoms with Crippen molar-refractivity contribution >= 4 is 5.91 Å². The Labute approximate surface area is 146 Å². The molecule has 136 valence electrons. The van der Waals surface area contributed by atoms with Crippen LogP contribution in [0.2, 0.25) is 0 Å². The lowest BCUT2D eigenvalue weighted by Crippen LogP contribution is -2.43. The maximum absolute atomic E-state index is 12.0. The van der Waals surface area contributed by atoms with E-state index < -0.39 is 0 Å². The number of rotatable bonds is 10. The molecule has 0 aliphatic heterocycles. The number of para-hydroxylation sites is 1. The monoisotopic (exact) mass is 336 g/mol. The molecular weight excluding hydrogens is 304 g/mol. The van der Waals surface area contributed by atoms with Crippen molar-refractivity contribution in [1.82, 2.24) is 10.6 Å². The molecule has 0 radical (unpaired) electrons. The molecule has 0 saturated heterocycles. The number of ether oxygens (including phenoxy) is 2. The lowest BCUT2D eigenvalue weighted by atomic mass is 10.1. The summed E-state index contributed by atoms with van der Waals surface area (Å²) in [5.41, 5.74) is 0.722. The van der Waals surface area contributed by atoms with Gasteiger partial charge in [0.2, 0.25) is 0 Å². The van der Waals surface area contributed by atoms with E-state index in [1.165, 1.54) is 12.8 Å². The first-order valence-electron chi connectivity index (χ1n) is 8.67. The van der Waals surface area contributed by atoms with Gasteiger partial charge in [-0.05, 0) is 39.8 Å². The Morgan fingerprint density at radius 1 is 1.21 bits per heavy atom. The molecule has 5 heteroatoms. The predicted molar refractivity (Wildman–Crippen MR) is 97.6 cm³/mol. The zero-order valence-corrected chi connectivity index (χ0v) is 15.7. The Morgan fingerprint density at radius 3 is 2.58 bits per heavy atom. The van der Waals surface area contributed by atoms with Gasteiger partial charge in [0.05, 0.1) is 7.11 Å². The Kier molecular flexibility index (Phi) is 8.61. The van der Waals surface area contributed by atoms with Crippen molar-refractivity contribution in [2.45, 2.75) is 59.0 Å². The standard InChI is InChI=1S/C19H32N2O3/c1-6-7-8-12-20-13-15-10-9-11-16(23-5)18(15)24-14-17(22)21-19(2,3)4/h9-11,20H,6-8,12-14H2,1-5H3,(H,21,22). The van der Waals surface area contributed by atoms with Gasteiger partial charge in [0.15, 0.2) is 18.1 Å². The van der Waals surface area contributed by atoms with Crippen LogP contribution in [-0.4, -0.2) is 31.7 Å². The summed E-state index contributed by atoms with van der Waals surface area (Å²) < 4.78 is 11.1. The van der Waals surface area contributed by atoms with Gasteiger partial charge in [0, 0.05) is 17.6 Å². The highest BCUT2D eigenvalue weighted by Gasteiger charge is 2.16. The molecule has 1 aromatic carbocycles. The number of hydrogen-bond donors (Lipinski definition) is 2. The van der Waals surface area contributed by atoms with Crippen LogP contribution >= 0.6 is 0 Å². The first-order chi connectivity index (χ1) is 11.4. The van der Waals surface area contributed by atoms with Gasteiger partial charge in [0.25, 0.3) is 5.91 Å². The molecular formula is C19H32N2O3. The molecule has 0 spiro atoms. The topological polar surface area (TPSA) is 59.6 Å². The minimum atomic E-state index is -0.273. The van der Waals surface area contributed by atoms with Crippen molar-refractivity contribution in [3.63, 3.8) is 0 Å². The van der Waals surface area contributed by atoms with Crippen LogP contribution in [0.25, 0.3) is 0 Å². The molecule has 5 nitrogen and oxygen atoms in total. The van der Waals surface area contributed by atoms with Gasteiger partial charge in [-0.1, -0.05) is 31.9 Å². The van der Waals surface area contributed by atoms with Crippen molar-refractivity contribution in [3.8, 4) is 11.5 Å². The maximum Gasteiger partial charge on any atom is 0.258 e. The van der Waals surface area contributed by atoms with Crippen molar-refractivity contribution in [1.29, 1.82) is 0 Å². The van der Waals surface area contributed by atoms with Crippen LogP contribution < -0.4 is 20.1 Å². The second-order valence-corrected chi connectivity index (χ2v) is 6.92. The summed E-state index contributed by atoms with van der Waals surface area (Å²) in [4.78, 5) is 12.0. The summed E-state index contributed by atoms with van der Waals surface area (Å²) in [6.45, 7) is 9.65. The Balaban J connectivity index is 2.67. The highest BCUT2D eigenvalue weighted by atomic mass is 16.5. The number of unbranched alkanes of at least 4 members (excludes halogenated alkanes) is 2. The van der Waals surface area contributed by atoms with Crippen LogP contribution in [0.15, 0.2) is 18.2 Å². The van der Waals surface area contributed by atoms with Crippen molar-refractivity contribution in [2.24, 2.45) is 0 Å². The second kappa shape index (κ2) is 10.2. The van der Waals surface area contributed by atoms with Crippen LogP contribution in [-0.2, 0) is 11.3 Å². The number of benzene rings is 1. The van der Waals surface area contributed by atoms with E-state index in [1.807, 2.05) is 39.0 Å². The van der Waals surface area contributed by atoms with Crippen LogP contribution in [0.1, 0.15) is 52.5 Å². The minimum Gasteiger partial charge on any atom is -0.493 e. The molecule has 0 atom stereocenters. The average molecular weight is 336 g/mol. The highest BCUT2D eigenvalue weighted by Crippen LogP contribution is 2.31. The fraction of sp³-hybridized carbons (Fsp3) is 0.632. The number of amides is 1.